The summed E-state index contributed by atoms with van der Waals surface area (Å²) in [6.07, 6.45) is 2.88. The number of nitrogens with zero attached hydrogens (tertiary/aromatic N) is 1. The lowest BCUT2D eigenvalue weighted by Gasteiger charge is -2.17. The highest BCUT2D eigenvalue weighted by Gasteiger charge is 2.10. The molecule has 2 heterocycles. The van der Waals surface area contributed by atoms with Crippen LogP contribution in [-0.4, -0.2) is 18.1 Å². The molecule has 0 aliphatic carbocycles. The molecule has 0 saturated heterocycles. The first-order valence-electron chi connectivity index (χ1n) is 4.25. The second-order valence-corrected chi connectivity index (χ2v) is 2.83. The van der Waals surface area contributed by atoms with Gasteiger partial charge >= 0.3 is 0 Å². The minimum absolute atomic E-state index is 0.714. The van der Waals surface area contributed by atoms with Crippen molar-refractivity contribution in [3.63, 3.8) is 0 Å². The fraction of sp³-hybridized carbons (Fsp3) is 0.444. The fourth-order valence-electron chi connectivity index (χ4n) is 1.26. The van der Waals surface area contributed by atoms with Crippen LogP contribution in [0.3, 0.4) is 0 Å². The molecule has 1 aliphatic heterocycles. The summed E-state index contributed by atoms with van der Waals surface area (Å²) >= 11 is 0. The van der Waals surface area contributed by atoms with Crippen LogP contribution >= 0.6 is 0 Å². The molecule has 2 rings (SSSR count). The molecule has 0 saturated carbocycles. The maximum atomic E-state index is 5.35. The standard InChI is InChI=1S/C9H12N2O/c1-2-7-5-8-9(11-6-7)12-4-3-10-8/h5-6,10H,2-4H2,1H3. The Morgan fingerprint density at radius 2 is 2.58 bits per heavy atom. The van der Waals surface area contributed by atoms with E-state index in [0.29, 0.717) is 6.61 Å². The Labute approximate surface area is 71.8 Å². The highest BCUT2D eigenvalue weighted by Crippen LogP contribution is 2.24. The van der Waals surface area contributed by atoms with Crippen molar-refractivity contribution < 1.29 is 4.74 Å². The lowest BCUT2D eigenvalue weighted by atomic mass is 10.2. The van der Waals surface area contributed by atoms with Crippen LogP contribution in [0.5, 0.6) is 5.88 Å². The van der Waals surface area contributed by atoms with E-state index in [4.69, 9.17) is 4.74 Å². The second kappa shape index (κ2) is 3.01. The van der Waals surface area contributed by atoms with E-state index in [1.165, 1.54) is 5.56 Å². The van der Waals surface area contributed by atoms with Gasteiger partial charge in [-0.05, 0) is 18.1 Å². The second-order valence-electron chi connectivity index (χ2n) is 2.83. The average Bonchev–Trinajstić information content (AvgIpc) is 2.17. The van der Waals surface area contributed by atoms with Crippen molar-refractivity contribution in [1.29, 1.82) is 0 Å². The molecule has 64 valence electrons. The van der Waals surface area contributed by atoms with Crippen LogP contribution in [0.15, 0.2) is 12.3 Å². The number of fused-ring (bicyclic) bond motifs is 1. The van der Waals surface area contributed by atoms with Crippen LogP contribution in [0.4, 0.5) is 5.69 Å². The maximum absolute atomic E-state index is 5.35. The van der Waals surface area contributed by atoms with Gasteiger partial charge in [-0.3, -0.25) is 0 Å². The van der Waals surface area contributed by atoms with Gasteiger partial charge in [-0.15, -0.1) is 0 Å². The van der Waals surface area contributed by atoms with E-state index in [-0.39, 0.29) is 0 Å². The predicted octanol–water partition coefficient (Wildman–Crippen LogP) is 1.45. The zero-order valence-electron chi connectivity index (χ0n) is 7.13. The third-order valence-electron chi connectivity index (χ3n) is 1.97. The quantitative estimate of drug-likeness (QED) is 0.682. The van der Waals surface area contributed by atoms with E-state index in [2.05, 4.69) is 23.3 Å². The molecule has 0 amide bonds. The predicted molar refractivity (Wildman–Crippen MR) is 47.6 cm³/mol. The molecule has 0 radical (unpaired) electrons. The van der Waals surface area contributed by atoms with Gasteiger partial charge in [0.2, 0.25) is 5.88 Å². The summed E-state index contributed by atoms with van der Waals surface area (Å²) in [5.74, 6) is 0.735. The number of aryl methyl sites for hydroxylation is 1. The van der Waals surface area contributed by atoms with Crippen molar-refractivity contribution in [2.45, 2.75) is 13.3 Å². The zero-order chi connectivity index (χ0) is 8.39. The molecule has 1 aromatic rings. The Morgan fingerprint density at radius 1 is 1.67 bits per heavy atom. The Morgan fingerprint density at radius 3 is 3.42 bits per heavy atom. The molecule has 1 aromatic heterocycles. The molecule has 1 aliphatic rings. The van der Waals surface area contributed by atoms with E-state index >= 15 is 0 Å². The molecule has 0 unspecified atom stereocenters. The number of rotatable bonds is 1. The third-order valence-corrected chi connectivity index (χ3v) is 1.97. The first-order chi connectivity index (χ1) is 5.90. The van der Waals surface area contributed by atoms with Gasteiger partial charge in [0.1, 0.15) is 6.61 Å². The first-order valence-corrected chi connectivity index (χ1v) is 4.25. The van der Waals surface area contributed by atoms with Gasteiger partial charge in [-0.2, -0.15) is 0 Å². The van der Waals surface area contributed by atoms with Gasteiger partial charge in [0.05, 0.1) is 5.69 Å². The van der Waals surface area contributed by atoms with Crippen molar-refractivity contribution in [3.05, 3.63) is 17.8 Å². The molecule has 0 fully saturated rings. The van der Waals surface area contributed by atoms with Gasteiger partial charge in [0.25, 0.3) is 0 Å². The number of pyridine rings is 1. The average molecular weight is 164 g/mol. The Bertz CT molecular complexity index is 286. The van der Waals surface area contributed by atoms with Crippen molar-refractivity contribution in [2.75, 3.05) is 18.5 Å². The molecule has 1 N–H and O–H groups in total. The van der Waals surface area contributed by atoms with Crippen molar-refractivity contribution >= 4 is 5.69 Å². The lowest BCUT2D eigenvalue weighted by Crippen LogP contribution is -2.18. The summed E-state index contributed by atoms with van der Waals surface area (Å²) in [6.45, 7) is 3.71. The van der Waals surface area contributed by atoms with Crippen LogP contribution in [0, 0.1) is 0 Å². The SMILES string of the molecule is CCc1cnc2c(c1)NCCO2. The van der Waals surface area contributed by atoms with Gasteiger partial charge < -0.3 is 10.1 Å². The van der Waals surface area contributed by atoms with Gasteiger partial charge in [-0.25, -0.2) is 4.98 Å². The maximum Gasteiger partial charge on any atom is 0.237 e. The summed E-state index contributed by atoms with van der Waals surface area (Å²) < 4.78 is 5.35. The van der Waals surface area contributed by atoms with Crippen molar-refractivity contribution in [1.82, 2.24) is 4.98 Å². The van der Waals surface area contributed by atoms with Crippen LogP contribution in [0.2, 0.25) is 0 Å². The number of anilines is 1. The number of aromatic nitrogens is 1. The van der Waals surface area contributed by atoms with Crippen molar-refractivity contribution in [2.24, 2.45) is 0 Å². The Kier molecular flexibility index (Phi) is 1.86. The Hall–Kier alpha value is -1.25. The van der Waals surface area contributed by atoms with E-state index < -0.39 is 0 Å². The molecule has 0 spiro atoms. The summed E-state index contributed by atoms with van der Waals surface area (Å²) in [5, 5.41) is 3.25. The molecule has 3 heteroatoms. The lowest BCUT2D eigenvalue weighted by molar-refractivity contribution is 0.310. The molecule has 0 bridgehead atoms. The summed E-state index contributed by atoms with van der Waals surface area (Å²) in [6, 6.07) is 2.10. The van der Waals surface area contributed by atoms with E-state index in [9.17, 15) is 0 Å². The minimum Gasteiger partial charge on any atom is -0.474 e. The third kappa shape index (κ3) is 1.22. The van der Waals surface area contributed by atoms with Crippen LogP contribution < -0.4 is 10.1 Å². The number of nitrogens with one attached hydrogen (secondary N) is 1. The number of ether oxygens (including phenoxy) is 1. The van der Waals surface area contributed by atoms with Crippen LogP contribution in [0.25, 0.3) is 0 Å². The number of hydrogen-bond donors (Lipinski definition) is 1. The molecule has 12 heavy (non-hydrogen) atoms. The summed E-state index contributed by atoms with van der Waals surface area (Å²) in [7, 11) is 0. The van der Waals surface area contributed by atoms with E-state index in [1.807, 2.05) is 6.20 Å². The highest BCUT2D eigenvalue weighted by molar-refractivity contribution is 5.55. The Balaban J connectivity index is 2.36. The largest absolute Gasteiger partial charge is 0.474 e. The normalized spacial score (nSPS) is 14.4. The molecule has 0 aromatic carbocycles. The monoisotopic (exact) mass is 164 g/mol. The van der Waals surface area contributed by atoms with Crippen LogP contribution in [0.1, 0.15) is 12.5 Å². The van der Waals surface area contributed by atoms with E-state index in [1.54, 1.807) is 0 Å². The number of hydrogen-bond acceptors (Lipinski definition) is 3. The van der Waals surface area contributed by atoms with E-state index in [0.717, 1.165) is 24.5 Å². The van der Waals surface area contributed by atoms with Crippen molar-refractivity contribution in [3.8, 4) is 5.88 Å². The molecular formula is C9H12N2O. The van der Waals surface area contributed by atoms with Crippen LogP contribution in [-0.2, 0) is 6.42 Å². The molecule has 0 atom stereocenters. The molecular weight excluding hydrogens is 152 g/mol. The van der Waals surface area contributed by atoms with Gasteiger partial charge in [0, 0.05) is 12.7 Å². The topological polar surface area (TPSA) is 34.2 Å². The summed E-state index contributed by atoms with van der Waals surface area (Å²) in [4.78, 5) is 4.21. The molecule has 3 nitrogen and oxygen atoms in total. The smallest absolute Gasteiger partial charge is 0.237 e. The first kappa shape index (κ1) is 7.40. The zero-order valence-corrected chi connectivity index (χ0v) is 7.13. The highest BCUT2D eigenvalue weighted by atomic mass is 16.5. The van der Waals surface area contributed by atoms with Gasteiger partial charge in [0.15, 0.2) is 0 Å². The minimum atomic E-state index is 0.714. The van der Waals surface area contributed by atoms with Gasteiger partial charge in [-0.1, -0.05) is 6.92 Å². The summed E-state index contributed by atoms with van der Waals surface area (Å²) in [5.41, 5.74) is 2.27. The fourth-order valence-corrected chi connectivity index (χ4v) is 1.26.